The summed E-state index contributed by atoms with van der Waals surface area (Å²) in [6.45, 7) is 1.76. The molecule has 0 aromatic heterocycles. The fourth-order valence-electron chi connectivity index (χ4n) is 1.85. The Morgan fingerprint density at radius 2 is 1.81 bits per heavy atom. The molecule has 1 N–H and O–H groups in total. The minimum absolute atomic E-state index is 0.0519. The van der Waals surface area contributed by atoms with E-state index in [1.807, 2.05) is 0 Å². The SMILES string of the molecule is Cc1ccccc1C(=O)Nc1cc(S(C)(=O)=O)ccc1F. The number of aryl methyl sites for hydroxylation is 1. The summed E-state index contributed by atoms with van der Waals surface area (Å²) in [6.07, 6.45) is 1.02. The number of halogens is 1. The van der Waals surface area contributed by atoms with E-state index in [9.17, 15) is 17.6 Å². The Balaban J connectivity index is 2.36. The van der Waals surface area contributed by atoms with E-state index in [-0.39, 0.29) is 10.6 Å². The van der Waals surface area contributed by atoms with Gasteiger partial charge in [0.15, 0.2) is 9.84 Å². The molecule has 2 aromatic rings. The Hall–Kier alpha value is -2.21. The van der Waals surface area contributed by atoms with Crippen LogP contribution in [0.1, 0.15) is 15.9 Å². The van der Waals surface area contributed by atoms with Gasteiger partial charge < -0.3 is 5.32 Å². The molecular formula is C15H14FNO3S. The first kappa shape index (κ1) is 15.2. The molecule has 21 heavy (non-hydrogen) atoms. The standard InChI is InChI=1S/C15H14FNO3S/c1-10-5-3-4-6-12(10)15(18)17-14-9-11(21(2,19)20)7-8-13(14)16/h3-9H,1-2H3,(H,17,18). The van der Waals surface area contributed by atoms with E-state index < -0.39 is 21.6 Å². The van der Waals surface area contributed by atoms with Crippen molar-refractivity contribution in [1.29, 1.82) is 0 Å². The van der Waals surface area contributed by atoms with E-state index in [2.05, 4.69) is 5.32 Å². The van der Waals surface area contributed by atoms with Crippen LogP contribution in [0, 0.1) is 12.7 Å². The number of hydrogen-bond acceptors (Lipinski definition) is 3. The largest absolute Gasteiger partial charge is 0.319 e. The third kappa shape index (κ3) is 3.46. The maximum atomic E-state index is 13.7. The highest BCUT2D eigenvalue weighted by Gasteiger charge is 2.14. The predicted molar refractivity (Wildman–Crippen MR) is 78.6 cm³/mol. The van der Waals surface area contributed by atoms with Gasteiger partial charge in [0, 0.05) is 11.8 Å². The van der Waals surface area contributed by atoms with Crippen LogP contribution in [-0.2, 0) is 9.84 Å². The Labute approximate surface area is 122 Å². The van der Waals surface area contributed by atoms with Crippen LogP contribution in [0.15, 0.2) is 47.4 Å². The second-order valence-electron chi connectivity index (χ2n) is 4.68. The van der Waals surface area contributed by atoms with Crippen molar-refractivity contribution in [1.82, 2.24) is 0 Å². The molecule has 2 rings (SSSR count). The molecule has 4 nitrogen and oxygen atoms in total. The first-order chi connectivity index (χ1) is 9.79. The molecule has 0 aliphatic rings. The van der Waals surface area contributed by atoms with Crippen molar-refractivity contribution in [3.05, 3.63) is 59.4 Å². The number of sulfone groups is 1. The molecule has 0 atom stereocenters. The van der Waals surface area contributed by atoms with E-state index >= 15 is 0 Å². The van der Waals surface area contributed by atoms with Gasteiger partial charge in [-0.3, -0.25) is 4.79 Å². The van der Waals surface area contributed by atoms with Crippen molar-refractivity contribution in [3.8, 4) is 0 Å². The molecule has 0 aliphatic carbocycles. The molecule has 0 saturated carbocycles. The van der Waals surface area contributed by atoms with E-state index in [0.29, 0.717) is 5.56 Å². The number of benzene rings is 2. The smallest absolute Gasteiger partial charge is 0.256 e. The number of hydrogen-bond donors (Lipinski definition) is 1. The molecule has 0 radical (unpaired) electrons. The van der Waals surface area contributed by atoms with Gasteiger partial charge in [0.1, 0.15) is 5.82 Å². The van der Waals surface area contributed by atoms with Gasteiger partial charge in [-0.15, -0.1) is 0 Å². The number of nitrogens with one attached hydrogen (secondary N) is 1. The maximum Gasteiger partial charge on any atom is 0.256 e. The predicted octanol–water partition coefficient (Wildman–Crippen LogP) is 2.79. The lowest BCUT2D eigenvalue weighted by atomic mass is 10.1. The zero-order chi connectivity index (χ0) is 15.6. The van der Waals surface area contributed by atoms with Crippen molar-refractivity contribution in [2.45, 2.75) is 11.8 Å². The van der Waals surface area contributed by atoms with Gasteiger partial charge in [-0.1, -0.05) is 18.2 Å². The Morgan fingerprint density at radius 3 is 2.43 bits per heavy atom. The molecule has 0 unspecified atom stereocenters. The van der Waals surface area contributed by atoms with Crippen LogP contribution >= 0.6 is 0 Å². The molecule has 0 heterocycles. The lowest BCUT2D eigenvalue weighted by Gasteiger charge is -2.09. The maximum absolute atomic E-state index is 13.7. The molecule has 0 fully saturated rings. The number of anilines is 1. The van der Waals surface area contributed by atoms with E-state index in [1.165, 1.54) is 0 Å². The normalized spacial score (nSPS) is 11.2. The van der Waals surface area contributed by atoms with Crippen LogP contribution in [-0.4, -0.2) is 20.6 Å². The van der Waals surface area contributed by atoms with Gasteiger partial charge in [0.05, 0.1) is 10.6 Å². The highest BCUT2D eigenvalue weighted by molar-refractivity contribution is 7.90. The first-order valence-corrected chi connectivity index (χ1v) is 8.05. The third-order valence-corrected chi connectivity index (χ3v) is 4.11. The van der Waals surface area contributed by atoms with Crippen LogP contribution in [0.3, 0.4) is 0 Å². The molecule has 0 aliphatic heterocycles. The molecule has 6 heteroatoms. The van der Waals surface area contributed by atoms with E-state index in [1.54, 1.807) is 31.2 Å². The summed E-state index contributed by atoms with van der Waals surface area (Å²) in [5.74, 6) is -1.18. The number of carbonyl (C=O) groups is 1. The van der Waals surface area contributed by atoms with Crippen molar-refractivity contribution in [2.75, 3.05) is 11.6 Å². The average Bonchev–Trinajstić information content (AvgIpc) is 2.40. The summed E-state index contributed by atoms with van der Waals surface area (Å²) < 4.78 is 36.7. The summed E-state index contributed by atoms with van der Waals surface area (Å²) in [5.41, 5.74) is 0.988. The highest BCUT2D eigenvalue weighted by atomic mass is 32.2. The lowest BCUT2D eigenvalue weighted by molar-refractivity contribution is 0.102. The Kier molecular flexibility index (Phi) is 4.09. The molecular weight excluding hydrogens is 293 g/mol. The minimum Gasteiger partial charge on any atom is -0.319 e. The second kappa shape index (κ2) is 5.65. The van der Waals surface area contributed by atoms with Crippen LogP contribution in [0.25, 0.3) is 0 Å². The average molecular weight is 307 g/mol. The van der Waals surface area contributed by atoms with E-state index in [4.69, 9.17) is 0 Å². The van der Waals surface area contributed by atoms with Crippen molar-refractivity contribution >= 4 is 21.4 Å². The molecule has 0 spiro atoms. The topological polar surface area (TPSA) is 63.2 Å². The summed E-state index contributed by atoms with van der Waals surface area (Å²) >= 11 is 0. The first-order valence-electron chi connectivity index (χ1n) is 6.15. The fraction of sp³-hybridized carbons (Fsp3) is 0.133. The fourth-order valence-corrected chi connectivity index (χ4v) is 2.50. The molecule has 2 aromatic carbocycles. The molecule has 0 saturated heterocycles. The summed E-state index contributed by atoms with van der Waals surface area (Å²) in [4.78, 5) is 12.1. The molecule has 110 valence electrons. The van der Waals surface area contributed by atoms with Gasteiger partial charge in [-0.2, -0.15) is 0 Å². The van der Waals surface area contributed by atoms with Crippen molar-refractivity contribution in [3.63, 3.8) is 0 Å². The van der Waals surface area contributed by atoms with Gasteiger partial charge in [0.2, 0.25) is 0 Å². The van der Waals surface area contributed by atoms with E-state index in [0.717, 1.165) is 30.0 Å². The quantitative estimate of drug-likeness (QED) is 0.887. The van der Waals surface area contributed by atoms with Crippen LogP contribution < -0.4 is 5.32 Å². The summed E-state index contributed by atoms with van der Waals surface area (Å²) in [5, 5.41) is 2.40. The van der Waals surface area contributed by atoms with Crippen LogP contribution in [0.2, 0.25) is 0 Å². The Bertz CT molecular complexity index is 800. The van der Waals surface area contributed by atoms with Gasteiger partial charge in [-0.25, -0.2) is 12.8 Å². The monoisotopic (exact) mass is 307 g/mol. The van der Waals surface area contributed by atoms with Gasteiger partial charge in [0.25, 0.3) is 5.91 Å². The number of rotatable bonds is 3. The zero-order valence-electron chi connectivity index (χ0n) is 11.6. The molecule has 1 amide bonds. The summed E-state index contributed by atoms with van der Waals surface area (Å²) in [7, 11) is -3.47. The highest BCUT2D eigenvalue weighted by Crippen LogP contribution is 2.20. The number of carbonyl (C=O) groups excluding carboxylic acids is 1. The third-order valence-electron chi connectivity index (χ3n) is 3.00. The van der Waals surface area contributed by atoms with Crippen LogP contribution in [0.4, 0.5) is 10.1 Å². The Morgan fingerprint density at radius 1 is 1.14 bits per heavy atom. The van der Waals surface area contributed by atoms with Gasteiger partial charge >= 0.3 is 0 Å². The zero-order valence-corrected chi connectivity index (χ0v) is 12.4. The van der Waals surface area contributed by atoms with Crippen LogP contribution in [0.5, 0.6) is 0 Å². The number of amides is 1. The minimum atomic E-state index is -3.47. The van der Waals surface area contributed by atoms with Crippen molar-refractivity contribution < 1.29 is 17.6 Å². The molecule has 0 bridgehead atoms. The summed E-state index contributed by atoms with van der Waals surface area (Å²) in [6, 6.07) is 10.2. The van der Waals surface area contributed by atoms with Crippen molar-refractivity contribution in [2.24, 2.45) is 0 Å². The lowest BCUT2D eigenvalue weighted by Crippen LogP contribution is -2.14. The van der Waals surface area contributed by atoms with Gasteiger partial charge in [-0.05, 0) is 36.8 Å². The second-order valence-corrected chi connectivity index (χ2v) is 6.70.